The summed E-state index contributed by atoms with van der Waals surface area (Å²) in [6.45, 7) is 5.37. The quantitative estimate of drug-likeness (QED) is 0.883. The number of amides is 1. The van der Waals surface area contributed by atoms with Gasteiger partial charge in [-0.3, -0.25) is 9.59 Å². The van der Waals surface area contributed by atoms with E-state index in [0.29, 0.717) is 6.42 Å². The van der Waals surface area contributed by atoms with Crippen LogP contribution in [-0.4, -0.2) is 40.7 Å². The SMILES string of the molecule is CC(=O)c1c(C)[nH]c(-c2csc(CC(=O)N(C)C)n2)c1C. The van der Waals surface area contributed by atoms with E-state index in [0.717, 1.165) is 33.2 Å². The number of likely N-dealkylation sites (N-methyl/N-ethyl adjacent to an activating group) is 1. The average Bonchev–Trinajstić information content (AvgIpc) is 2.93. The predicted molar refractivity (Wildman–Crippen MR) is 83.8 cm³/mol. The molecule has 1 amide bonds. The van der Waals surface area contributed by atoms with Gasteiger partial charge in [0.25, 0.3) is 0 Å². The van der Waals surface area contributed by atoms with Crippen molar-refractivity contribution in [3.05, 3.63) is 27.2 Å². The molecule has 0 unspecified atom stereocenters. The first-order chi connectivity index (χ1) is 9.81. The molecule has 2 aromatic rings. The summed E-state index contributed by atoms with van der Waals surface area (Å²) in [7, 11) is 3.46. The molecule has 2 heterocycles. The number of hydrogen-bond donors (Lipinski definition) is 1. The van der Waals surface area contributed by atoms with Crippen LogP contribution in [0, 0.1) is 13.8 Å². The number of nitrogens with one attached hydrogen (secondary N) is 1. The highest BCUT2D eigenvalue weighted by molar-refractivity contribution is 7.10. The standard InChI is InChI=1S/C15H19N3O2S/c1-8-14(10(3)19)9(2)16-15(8)11-7-21-12(17-11)6-13(20)18(4)5/h7,16H,6H2,1-5H3. The van der Waals surface area contributed by atoms with Gasteiger partial charge >= 0.3 is 0 Å². The van der Waals surface area contributed by atoms with Crippen LogP contribution in [0.25, 0.3) is 11.4 Å². The van der Waals surface area contributed by atoms with Crippen LogP contribution in [0.1, 0.15) is 33.5 Å². The summed E-state index contributed by atoms with van der Waals surface area (Å²) in [6, 6.07) is 0. The second kappa shape index (κ2) is 5.81. The summed E-state index contributed by atoms with van der Waals surface area (Å²) in [5.74, 6) is 0.0745. The Morgan fingerprint density at radius 1 is 1.33 bits per heavy atom. The van der Waals surface area contributed by atoms with Crippen LogP contribution >= 0.6 is 11.3 Å². The first-order valence-electron chi connectivity index (χ1n) is 6.66. The third kappa shape index (κ3) is 3.05. The van der Waals surface area contributed by atoms with Gasteiger partial charge < -0.3 is 9.88 Å². The molecule has 0 saturated carbocycles. The number of ketones is 1. The van der Waals surface area contributed by atoms with E-state index in [1.807, 2.05) is 19.2 Å². The second-order valence-electron chi connectivity index (χ2n) is 5.27. The zero-order chi connectivity index (χ0) is 15.7. The fourth-order valence-corrected chi connectivity index (χ4v) is 3.10. The molecule has 6 heteroatoms. The van der Waals surface area contributed by atoms with Gasteiger partial charge in [-0.25, -0.2) is 4.98 Å². The Balaban J connectivity index is 2.32. The van der Waals surface area contributed by atoms with Crippen LogP contribution in [0.4, 0.5) is 0 Å². The second-order valence-corrected chi connectivity index (χ2v) is 6.22. The first kappa shape index (κ1) is 15.4. The Morgan fingerprint density at radius 2 is 2.00 bits per heavy atom. The average molecular weight is 305 g/mol. The Bertz CT molecular complexity index is 698. The van der Waals surface area contributed by atoms with Crippen molar-refractivity contribution >= 4 is 23.0 Å². The minimum absolute atomic E-state index is 0.0275. The number of aromatic amines is 1. The molecule has 0 aliphatic carbocycles. The van der Waals surface area contributed by atoms with Crippen molar-refractivity contribution < 1.29 is 9.59 Å². The normalized spacial score (nSPS) is 10.7. The van der Waals surface area contributed by atoms with Crippen LogP contribution in [-0.2, 0) is 11.2 Å². The van der Waals surface area contributed by atoms with Gasteiger partial charge in [0.2, 0.25) is 5.91 Å². The van der Waals surface area contributed by atoms with E-state index < -0.39 is 0 Å². The summed E-state index contributed by atoms with van der Waals surface area (Å²) < 4.78 is 0. The highest BCUT2D eigenvalue weighted by atomic mass is 32.1. The largest absolute Gasteiger partial charge is 0.356 e. The zero-order valence-electron chi connectivity index (χ0n) is 12.9. The smallest absolute Gasteiger partial charge is 0.228 e. The number of rotatable bonds is 4. The molecule has 2 aromatic heterocycles. The highest BCUT2D eigenvalue weighted by Gasteiger charge is 2.18. The lowest BCUT2D eigenvalue weighted by atomic mass is 10.1. The molecule has 0 saturated heterocycles. The van der Waals surface area contributed by atoms with Gasteiger partial charge in [0, 0.05) is 30.7 Å². The van der Waals surface area contributed by atoms with Crippen LogP contribution in [0.2, 0.25) is 0 Å². The van der Waals surface area contributed by atoms with Gasteiger partial charge in [0.05, 0.1) is 17.8 Å². The molecule has 2 rings (SSSR count). The summed E-state index contributed by atoms with van der Waals surface area (Å²) in [5.41, 5.74) is 4.14. The van der Waals surface area contributed by atoms with E-state index in [4.69, 9.17) is 0 Å². The molecule has 0 aliphatic heterocycles. The summed E-state index contributed by atoms with van der Waals surface area (Å²) in [4.78, 5) is 32.7. The Labute approximate surface area is 128 Å². The number of carbonyl (C=O) groups is 2. The Morgan fingerprint density at radius 3 is 2.52 bits per heavy atom. The summed E-state index contributed by atoms with van der Waals surface area (Å²) in [6.07, 6.45) is 0.302. The van der Waals surface area contributed by atoms with Gasteiger partial charge in [0.1, 0.15) is 5.01 Å². The maximum atomic E-state index is 11.7. The molecule has 0 radical (unpaired) electrons. The Hall–Kier alpha value is -1.95. The zero-order valence-corrected chi connectivity index (χ0v) is 13.7. The number of hydrogen-bond acceptors (Lipinski definition) is 4. The lowest BCUT2D eigenvalue weighted by Gasteiger charge is -2.07. The molecule has 0 aliphatic rings. The molecule has 0 aromatic carbocycles. The molecular formula is C15H19N3O2S. The first-order valence-corrected chi connectivity index (χ1v) is 7.54. The van der Waals surface area contributed by atoms with Crippen LogP contribution in [0.5, 0.6) is 0 Å². The van der Waals surface area contributed by atoms with Gasteiger partial charge in [-0.1, -0.05) is 0 Å². The third-order valence-electron chi connectivity index (χ3n) is 3.40. The molecule has 0 atom stereocenters. The minimum atomic E-state index is 0.0275. The van der Waals surface area contributed by atoms with Gasteiger partial charge in [-0.05, 0) is 26.3 Å². The van der Waals surface area contributed by atoms with E-state index in [1.165, 1.54) is 11.3 Å². The maximum Gasteiger partial charge on any atom is 0.228 e. The molecule has 1 N–H and O–H groups in total. The number of nitrogens with zero attached hydrogens (tertiary/aromatic N) is 2. The lowest BCUT2D eigenvalue weighted by Crippen LogP contribution is -2.23. The van der Waals surface area contributed by atoms with E-state index in [-0.39, 0.29) is 11.7 Å². The van der Waals surface area contributed by atoms with Gasteiger partial charge in [-0.2, -0.15) is 0 Å². The van der Waals surface area contributed by atoms with E-state index in [9.17, 15) is 9.59 Å². The van der Waals surface area contributed by atoms with Crippen molar-refractivity contribution in [1.82, 2.24) is 14.9 Å². The van der Waals surface area contributed by atoms with Crippen LogP contribution in [0.15, 0.2) is 5.38 Å². The summed E-state index contributed by atoms with van der Waals surface area (Å²) in [5, 5.41) is 2.69. The molecule has 0 bridgehead atoms. The maximum absolute atomic E-state index is 11.7. The van der Waals surface area contributed by atoms with Crippen molar-refractivity contribution in [2.45, 2.75) is 27.2 Å². The predicted octanol–water partition coefficient (Wildman–Crippen LogP) is 2.59. The van der Waals surface area contributed by atoms with Crippen LogP contribution in [0.3, 0.4) is 0 Å². The topological polar surface area (TPSA) is 66.1 Å². The lowest BCUT2D eigenvalue weighted by molar-refractivity contribution is -0.127. The van der Waals surface area contributed by atoms with Crippen LogP contribution < -0.4 is 0 Å². The fourth-order valence-electron chi connectivity index (χ4n) is 2.33. The Kier molecular flexibility index (Phi) is 4.27. The number of aryl methyl sites for hydroxylation is 1. The summed E-state index contributed by atoms with van der Waals surface area (Å²) >= 11 is 1.46. The van der Waals surface area contributed by atoms with Gasteiger partial charge in [-0.15, -0.1) is 11.3 Å². The molecular weight excluding hydrogens is 286 g/mol. The minimum Gasteiger partial charge on any atom is -0.356 e. The molecule has 0 fully saturated rings. The number of carbonyl (C=O) groups excluding carboxylic acids is 2. The molecule has 0 spiro atoms. The molecule has 21 heavy (non-hydrogen) atoms. The van der Waals surface area contributed by atoms with Crippen molar-refractivity contribution in [3.63, 3.8) is 0 Å². The number of aromatic nitrogens is 2. The monoisotopic (exact) mass is 305 g/mol. The highest BCUT2D eigenvalue weighted by Crippen LogP contribution is 2.29. The number of H-pyrrole nitrogens is 1. The van der Waals surface area contributed by atoms with Crippen molar-refractivity contribution in [2.24, 2.45) is 0 Å². The number of Topliss-reactive ketones (excluding diaryl/α,β-unsaturated/α-hetero) is 1. The fraction of sp³-hybridized carbons (Fsp3) is 0.400. The third-order valence-corrected chi connectivity index (χ3v) is 4.25. The van der Waals surface area contributed by atoms with Crippen molar-refractivity contribution in [3.8, 4) is 11.4 Å². The molecule has 112 valence electrons. The van der Waals surface area contributed by atoms with Crippen molar-refractivity contribution in [2.75, 3.05) is 14.1 Å². The van der Waals surface area contributed by atoms with E-state index >= 15 is 0 Å². The van der Waals surface area contributed by atoms with Gasteiger partial charge in [0.15, 0.2) is 5.78 Å². The van der Waals surface area contributed by atoms with E-state index in [2.05, 4.69) is 9.97 Å². The number of thiazole rings is 1. The van der Waals surface area contributed by atoms with E-state index in [1.54, 1.807) is 25.9 Å². The molecule has 5 nitrogen and oxygen atoms in total. The van der Waals surface area contributed by atoms with Crippen molar-refractivity contribution in [1.29, 1.82) is 0 Å².